The second-order valence-corrected chi connectivity index (χ2v) is 7.84. The Balaban J connectivity index is 1.72. The SMILES string of the molecule is C=CCc1cc2c(cc1Cc1nc3c(N)nc(F)nc3n1CCCNC(C)C)OCO2. The number of hydrogen-bond acceptors (Lipinski definition) is 7. The van der Waals surface area contributed by atoms with Crippen molar-refractivity contribution in [3.8, 4) is 11.5 Å². The highest BCUT2D eigenvalue weighted by Gasteiger charge is 2.21. The van der Waals surface area contributed by atoms with Crippen LogP contribution in [0.15, 0.2) is 24.8 Å². The van der Waals surface area contributed by atoms with Crippen LogP contribution in [0.25, 0.3) is 11.2 Å². The summed E-state index contributed by atoms with van der Waals surface area (Å²) < 4.78 is 26.9. The molecule has 0 saturated heterocycles. The molecule has 1 aromatic carbocycles. The van der Waals surface area contributed by atoms with Crippen molar-refractivity contribution in [2.45, 2.75) is 45.7 Å². The van der Waals surface area contributed by atoms with E-state index in [1.807, 2.05) is 22.8 Å². The van der Waals surface area contributed by atoms with E-state index in [9.17, 15) is 4.39 Å². The third kappa shape index (κ3) is 4.46. The average molecular weight is 426 g/mol. The number of nitrogens with one attached hydrogen (secondary N) is 1. The van der Waals surface area contributed by atoms with Gasteiger partial charge in [0.2, 0.25) is 6.79 Å². The molecule has 1 aliphatic heterocycles. The molecule has 1 aliphatic rings. The molecule has 0 bridgehead atoms. The second-order valence-electron chi connectivity index (χ2n) is 7.84. The number of fused-ring (bicyclic) bond motifs is 2. The van der Waals surface area contributed by atoms with Crippen LogP contribution in [0.3, 0.4) is 0 Å². The van der Waals surface area contributed by atoms with Crippen LogP contribution in [-0.2, 0) is 19.4 Å². The number of aryl methyl sites for hydroxylation is 1. The third-order valence-corrected chi connectivity index (χ3v) is 5.19. The van der Waals surface area contributed by atoms with Gasteiger partial charge in [-0.15, -0.1) is 6.58 Å². The number of aromatic nitrogens is 4. The smallest absolute Gasteiger partial charge is 0.312 e. The van der Waals surface area contributed by atoms with Gasteiger partial charge in [-0.25, -0.2) is 4.98 Å². The molecule has 9 heteroatoms. The lowest BCUT2D eigenvalue weighted by Gasteiger charge is -2.13. The number of nitrogen functional groups attached to an aromatic ring is 1. The highest BCUT2D eigenvalue weighted by molar-refractivity contribution is 5.82. The van der Waals surface area contributed by atoms with Gasteiger partial charge in [0, 0.05) is 19.0 Å². The molecule has 0 atom stereocenters. The predicted molar refractivity (Wildman–Crippen MR) is 117 cm³/mol. The van der Waals surface area contributed by atoms with Gasteiger partial charge in [-0.05, 0) is 42.6 Å². The van der Waals surface area contributed by atoms with Gasteiger partial charge in [-0.3, -0.25) is 0 Å². The van der Waals surface area contributed by atoms with Gasteiger partial charge in [0.1, 0.15) is 5.82 Å². The standard InChI is InChI=1S/C22H27FN6O2/c1-4-6-14-9-16-17(31-12-30-16)10-15(14)11-18-26-19-20(24)27-22(23)28-21(19)29(18)8-5-7-25-13(2)3/h4,9-10,13,25H,1,5-8,11-12H2,2-3H3,(H2,24,27,28). The largest absolute Gasteiger partial charge is 0.454 e. The topological polar surface area (TPSA) is 100 Å². The molecule has 3 N–H and O–H groups in total. The van der Waals surface area contributed by atoms with Gasteiger partial charge < -0.3 is 25.1 Å². The van der Waals surface area contributed by atoms with Gasteiger partial charge in [0.15, 0.2) is 28.5 Å². The Morgan fingerprint density at radius 2 is 1.97 bits per heavy atom. The van der Waals surface area contributed by atoms with E-state index in [0.717, 1.165) is 35.7 Å². The Hall–Kier alpha value is -3.20. The second kappa shape index (κ2) is 8.89. The summed E-state index contributed by atoms with van der Waals surface area (Å²) in [6.07, 6.45) is 3.02. The Morgan fingerprint density at radius 1 is 1.23 bits per heavy atom. The molecule has 164 valence electrons. The highest BCUT2D eigenvalue weighted by atomic mass is 19.1. The quantitative estimate of drug-likeness (QED) is 0.308. The Labute approximate surface area is 180 Å². The van der Waals surface area contributed by atoms with Crippen molar-refractivity contribution >= 4 is 17.0 Å². The van der Waals surface area contributed by atoms with Crippen LogP contribution in [0.2, 0.25) is 0 Å². The average Bonchev–Trinajstić information content (AvgIpc) is 3.30. The van der Waals surface area contributed by atoms with Gasteiger partial charge in [-0.2, -0.15) is 14.4 Å². The van der Waals surface area contributed by atoms with Crippen molar-refractivity contribution in [3.05, 3.63) is 47.8 Å². The van der Waals surface area contributed by atoms with E-state index >= 15 is 0 Å². The number of allylic oxidation sites excluding steroid dienone is 1. The fourth-order valence-corrected chi connectivity index (χ4v) is 3.74. The minimum Gasteiger partial charge on any atom is -0.454 e. The molecule has 0 spiro atoms. The zero-order valence-corrected chi connectivity index (χ0v) is 17.8. The number of nitrogens with zero attached hydrogens (tertiary/aromatic N) is 4. The van der Waals surface area contributed by atoms with E-state index in [-0.39, 0.29) is 12.6 Å². The fourth-order valence-electron chi connectivity index (χ4n) is 3.74. The van der Waals surface area contributed by atoms with E-state index in [4.69, 9.17) is 15.2 Å². The zero-order chi connectivity index (χ0) is 22.0. The first-order valence-corrected chi connectivity index (χ1v) is 10.4. The van der Waals surface area contributed by atoms with Gasteiger partial charge in [0.05, 0.1) is 0 Å². The highest BCUT2D eigenvalue weighted by Crippen LogP contribution is 2.36. The van der Waals surface area contributed by atoms with Crippen molar-refractivity contribution in [3.63, 3.8) is 0 Å². The van der Waals surface area contributed by atoms with Crippen LogP contribution < -0.4 is 20.5 Å². The molecule has 0 saturated carbocycles. The zero-order valence-electron chi connectivity index (χ0n) is 17.8. The Morgan fingerprint density at radius 3 is 2.68 bits per heavy atom. The number of rotatable bonds is 9. The summed E-state index contributed by atoms with van der Waals surface area (Å²) in [5, 5.41) is 3.40. The van der Waals surface area contributed by atoms with E-state index < -0.39 is 6.08 Å². The van der Waals surface area contributed by atoms with Crippen molar-refractivity contribution in [1.82, 2.24) is 24.8 Å². The summed E-state index contributed by atoms with van der Waals surface area (Å²) in [7, 11) is 0. The first-order valence-electron chi connectivity index (χ1n) is 10.4. The Kier molecular flexibility index (Phi) is 6.03. The van der Waals surface area contributed by atoms with Crippen LogP contribution in [0, 0.1) is 6.08 Å². The van der Waals surface area contributed by atoms with Crippen molar-refractivity contribution < 1.29 is 13.9 Å². The molecule has 31 heavy (non-hydrogen) atoms. The van der Waals surface area contributed by atoms with Gasteiger partial charge in [0.25, 0.3) is 0 Å². The van der Waals surface area contributed by atoms with Crippen molar-refractivity contribution in [2.75, 3.05) is 19.1 Å². The maximum absolute atomic E-state index is 13.9. The number of hydrogen-bond donors (Lipinski definition) is 2. The lowest BCUT2D eigenvalue weighted by atomic mass is 10.0. The van der Waals surface area contributed by atoms with Crippen LogP contribution in [0.4, 0.5) is 10.2 Å². The number of anilines is 1. The lowest BCUT2D eigenvalue weighted by molar-refractivity contribution is 0.174. The maximum atomic E-state index is 13.9. The minimum absolute atomic E-state index is 0.0415. The van der Waals surface area contributed by atoms with Gasteiger partial charge >= 0.3 is 6.08 Å². The number of ether oxygens (including phenoxy) is 2. The third-order valence-electron chi connectivity index (χ3n) is 5.19. The van der Waals surface area contributed by atoms with Gasteiger partial charge in [-0.1, -0.05) is 19.9 Å². The summed E-state index contributed by atoms with van der Waals surface area (Å²) in [6.45, 7) is 9.72. The number of nitrogens with two attached hydrogens (primary N) is 1. The van der Waals surface area contributed by atoms with Crippen LogP contribution in [0.5, 0.6) is 11.5 Å². The van der Waals surface area contributed by atoms with Crippen molar-refractivity contribution in [2.24, 2.45) is 0 Å². The molecule has 0 aliphatic carbocycles. The van der Waals surface area contributed by atoms with Crippen LogP contribution >= 0.6 is 0 Å². The monoisotopic (exact) mass is 426 g/mol. The summed E-state index contributed by atoms with van der Waals surface area (Å²) in [4.78, 5) is 12.3. The summed E-state index contributed by atoms with van der Waals surface area (Å²) >= 11 is 0. The fraction of sp³-hybridized carbons (Fsp3) is 0.409. The molecule has 4 rings (SSSR count). The van der Waals surface area contributed by atoms with E-state index in [1.54, 1.807) is 0 Å². The molecule has 3 heterocycles. The van der Waals surface area contributed by atoms with E-state index in [2.05, 4.69) is 40.7 Å². The molecule has 0 fully saturated rings. The summed E-state index contributed by atoms with van der Waals surface area (Å²) in [6, 6.07) is 4.34. The first-order chi connectivity index (χ1) is 15.0. The number of benzene rings is 1. The van der Waals surface area contributed by atoms with Crippen LogP contribution in [-0.4, -0.2) is 38.9 Å². The number of halogens is 1. The Bertz CT molecular complexity index is 1110. The molecule has 8 nitrogen and oxygen atoms in total. The lowest BCUT2D eigenvalue weighted by Crippen LogP contribution is -2.24. The predicted octanol–water partition coefficient (Wildman–Crippen LogP) is 2.98. The number of imidazole rings is 1. The molecule has 0 radical (unpaired) electrons. The summed E-state index contributed by atoms with van der Waals surface area (Å²) in [5.41, 5.74) is 8.89. The minimum atomic E-state index is -0.853. The maximum Gasteiger partial charge on any atom is 0.312 e. The molecule has 0 amide bonds. The molecular formula is C22H27FN6O2. The summed E-state index contributed by atoms with van der Waals surface area (Å²) in [5.74, 6) is 2.22. The van der Waals surface area contributed by atoms with E-state index in [1.165, 1.54) is 0 Å². The van der Waals surface area contributed by atoms with E-state index in [0.29, 0.717) is 42.3 Å². The molecule has 2 aromatic heterocycles. The van der Waals surface area contributed by atoms with Crippen molar-refractivity contribution in [1.29, 1.82) is 0 Å². The normalized spacial score (nSPS) is 12.8. The first kappa shape index (κ1) is 21.0. The van der Waals surface area contributed by atoms with Crippen LogP contribution in [0.1, 0.15) is 37.2 Å². The molecule has 3 aromatic rings. The molecule has 0 unspecified atom stereocenters. The molecular weight excluding hydrogens is 399 g/mol.